The fourth-order valence-electron chi connectivity index (χ4n) is 2.22. The Kier molecular flexibility index (Phi) is 4.67. The smallest absolute Gasteiger partial charge is 0.269 e. The molecule has 6 heteroatoms. The monoisotopic (exact) mass is 305 g/mol. The Balaban J connectivity index is 2.29. The minimum atomic E-state index is -0.385. The number of amidine groups is 1. The summed E-state index contributed by atoms with van der Waals surface area (Å²) in [6.45, 7) is 11.7. The molecular formula is C15H19N3O2S. The first-order valence-electron chi connectivity index (χ1n) is 6.76. The van der Waals surface area contributed by atoms with E-state index < -0.39 is 0 Å². The van der Waals surface area contributed by atoms with Crippen LogP contribution in [0.2, 0.25) is 0 Å². The van der Waals surface area contributed by atoms with E-state index in [0.29, 0.717) is 5.25 Å². The van der Waals surface area contributed by atoms with Gasteiger partial charge in [0.15, 0.2) is 5.17 Å². The number of nitrogens with zero attached hydrogens (tertiary/aromatic N) is 3. The van der Waals surface area contributed by atoms with E-state index in [9.17, 15) is 10.1 Å². The van der Waals surface area contributed by atoms with Crippen LogP contribution in [0, 0.1) is 17.0 Å². The second-order valence-corrected chi connectivity index (χ2v) is 6.79. The number of benzene rings is 1. The maximum atomic E-state index is 10.8. The molecule has 0 amide bonds. The third kappa shape index (κ3) is 3.85. The minimum absolute atomic E-state index is 0.0997. The molecule has 1 saturated heterocycles. The zero-order valence-corrected chi connectivity index (χ0v) is 13.3. The molecule has 1 aliphatic heterocycles. The first-order chi connectivity index (χ1) is 9.86. The van der Waals surface area contributed by atoms with E-state index in [-0.39, 0.29) is 10.6 Å². The van der Waals surface area contributed by atoms with Crippen molar-refractivity contribution in [3.63, 3.8) is 0 Å². The van der Waals surface area contributed by atoms with E-state index in [1.807, 2.05) is 13.8 Å². The van der Waals surface area contributed by atoms with Gasteiger partial charge in [0.25, 0.3) is 5.69 Å². The Morgan fingerprint density at radius 1 is 1.62 bits per heavy atom. The Morgan fingerprint density at radius 3 is 2.90 bits per heavy atom. The highest BCUT2D eigenvalue weighted by molar-refractivity contribution is 8.14. The van der Waals surface area contributed by atoms with Gasteiger partial charge in [0, 0.05) is 30.5 Å². The molecule has 21 heavy (non-hydrogen) atoms. The van der Waals surface area contributed by atoms with E-state index in [1.54, 1.807) is 23.9 Å². The van der Waals surface area contributed by atoms with E-state index >= 15 is 0 Å². The van der Waals surface area contributed by atoms with Crippen LogP contribution < -0.4 is 0 Å². The third-order valence-corrected chi connectivity index (χ3v) is 4.23. The number of hydrogen-bond acceptors (Lipinski definition) is 4. The second kappa shape index (κ2) is 6.30. The van der Waals surface area contributed by atoms with E-state index in [0.717, 1.165) is 35.1 Å². The molecule has 2 rings (SSSR count). The van der Waals surface area contributed by atoms with Crippen molar-refractivity contribution in [3.8, 4) is 0 Å². The Morgan fingerprint density at radius 2 is 2.33 bits per heavy atom. The summed E-state index contributed by atoms with van der Waals surface area (Å²) < 4.78 is 0. The van der Waals surface area contributed by atoms with Crippen molar-refractivity contribution >= 4 is 28.3 Å². The van der Waals surface area contributed by atoms with E-state index in [4.69, 9.17) is 0 Å². The number of rotatable bonds is 4. The first kappa shape index (κ1) is 15.6. The molecule has 0 radical (unpaired) electrons. The topological polar surface area (TPSA) is 58.7 Å². The zero-order valence-electron chi connectivity index (χ0n) is 12.5. The summed E-state index contributed by atoms with van der Waals surface area (Å²) in [5.74, 6) is 0. The van der Waals surface area contributed by atoms with Crippen LogP contribution in [-0.4, -0.2) is 33.3 Å². The summed E-state index contributed by atoms with van der Waals surface area (Å²) in [4.78, 5) is 17.3. The molecule has 0 aromatic heterocycles. The van der Waals surface area contributed by atoms with Crippen molar-refractivity contribution in [1.29, 1.82) is 0 Å². The van der Waals surface area contributed by atoms with Crippen LogP contribution in [0.5, 0.6) is 0 Å². The lowest BCUT2D eigenvalue weighted by atomic mass is 10.2. The first-order valence-corrected chi connectivity index (χ1v) is 7.64. The Bertz CT molecular complexity index is 613. The molecule has 1 aromatic rings. The number of hydrogen-bond donors (Lipinski definition) is 0. The molecule has 1 aliphatic rings. The third-order valence-electron chi connectivity index (χ3n) is 3.12. The number of non-ortho nitro benzene ring substituents is 1. The summed E-state index contributed by atoms with van der Waals surface area (Å²) in [7, 11) is 0. The molecule has 1 heterocycles. The second-order valence-electron chi connectivity index (χ2n) is 5.39. The van der Waals surface area contributed by atoms with Crippen LogP contribution in [0.15, 0.2) is 35.3 Å². The van der Waals surface area contributed by atoms with Gasteiger partial charge in [-0.2, -0.15) is 0 Å². The maximum Gasteiger partial charge on any atom is 0.269 e. The Hall–Kier alpha value is -1.82. The van der Waals surface area contributed by atoms with Gasteiger partial charge >= 0.3 is 0 Å². The van der Waals surface area contributed by atoms with Crippen LogP contribution in [0.3, 0.4) is 0 Å². The molecule has 0 spiro atoms. The predicted molar refractivity (Wildman–Crippen MR) is 88.4 cm³/mol. The van der Waals surface area contributed by atoms with Crippen molar-refractivity contribution in [1.82, 2.24) is 4.90 Å². The molecule has 1 unspecified atom stereocenters. The molecule has 5 nitrogen and oxygen atoms in total. The number of aryl methyl sites for hydroxylation is 1. The molecule has 112 valence electrons. The summed E-state index contributed by atoms with van der Waals surface area (Å²) in [6.07, 6.45) is 0. The zero-order chi connectivity index (χ0) is 15.6. The van der Waals surface area contributed by atoms with E-state index in [1.165, 1.54) is 6.07 Å². The van der Waals surface area contributed by atoms with Crippen LogP contribution in [0.25, 0.3) is 0 Å². The average molecular weight is 305 g/mol. The lowest BCUT2D eigenvalue weighted by Gasteiger charge is -2.18. The molecule has 0 aliphatic carbocycles. The number of nitro benzene ring substituents is 1. The molecule has 1 atom stereocenters. The number of nitro groups is 1. The van der Waals surface area contributed by atoms with Gasteiger partial charge in [-0.05, 0) is 25.5 Å². The summed E-state index contributed by atoms with van der Waals surface area (Å²) in [6, 6.07) is 4.77. The van der Waals surface area contributed by atoms with Gasteiger partial charge in [-0.25, -0.2) is 4.99 Å². The highest BCUT2D eigenvalue weighted by Gasteiger charge is 2.25. The lowest BCUT2D eigenvalue weighted by Crippen LogP contribution is -2.26. The summed E-state index contributed by atoms with van der Waals surface area (Å²) >= 11 is 1.73. The van der Waals surface area contributed by atoms with Crippen LogP contribution in [0.1, 0.15) is 19.4 Å². The number of aliphatic imine (C=N–C) groups is 1. The quantitative estimate of drug-likeness (QED) is 0.481. The normalized spacial score (nSPS) is 20.0. The fourth-order valence-corrected chi connectivity index (χ4v) is 3.27. The highest BCUT2D eigenvalue weighted by atomic mass is 32.2. The molecule has 0 bridgehead atoms. The van der Waals surface area contributed by atoms with Gasteiger partial charge in [0.05, 0.1) is 10.6 Å². The summed E-state index contributed by atoms with van der Waals surface area (Å²) in [5.41, 5.74) is 2.79. The van der Waals surface area contributed by atoms with Crippen LogP contribution >= 0.6 is 11.8 Å². The number of thioether (sulfide) groups is 1. The highest BCUT2D eigenvalue weighted by Crippen LogP contribution is 2.31. The molecule has 0 saturated carbocycles. The van der Waals surface area contributed by atoms with Gasteiger partial charge < -0.3 is 4.90 Å². The molecule has 1 fully saturated rings. The van der Waals surface area contributed by atoms with Gasteiger partial charge in [-0.3, -0.25) is 10.1 Å². The van der Waals surface area contributed by atoms with Crippen molar-refractivity contribution in [2.45, 2.75) is 26.0 Å². The summed E-state index contributed by atoms with van der Waals surface area (Å²) in [5, 5.41) is 12.2. The van der Waals surface area contributed by atoms with Gasteiger partial charge in [-0.1, -0.05) is 30.8 Å². The van der Waals surface area contributed by atoms with Crippen molar-refractivity contribution in [2.24, 2.45) is 4.99 Å². The van der Waals surface area contributed by atoms with Crippen molar-refractivity contribution in [3.05, 3.63) is 46.0 Å². The SMILES string of the molecule is C=C(C)CN1CC(C)S/C1=N\c1ccc([N+](=O)[O-])cc1C. The standard InChI is InChI=1S/C15H19N3O2S/c1-10(2)8-17-9-12(4)21-15(17)16-14-6-5-13(18(19)20)7-11(14)3/h5-7,12H,1,8-9H2,2-4H3/b16-15-. The lowest BCUT2D eigenvalue weighted by molar-refractivity contribution is -0.384. The van der Waals surface area contributed by atoms with Gasteiger partial charge in [0.2, 0.25) is 0 Å². The Labute approximate surface area is 128 Å². The van der Waals surface area contributed by atoms with Crippen molar-refractivity contribution < 1.29 is 4.92 Å². The van der Waals surface area contributed by atoms with Crippen LogP contribution in [-0.2, 0) is 0 Å². The molecular weight excluding hydrogens is 286 g/mol. The molecule has 1 aromatic carbocycles. The van der Waals surface area contributed by atoms with Crippen LogP contribution in [0.4, 0.5) is 11.4 Å². The van der Waals surface area contributed by atoms with E-state index in [2.05, 4.69) is 23.4 Å². The maximum absolute atomic E-state index is 10.8. The van der Waals surface area contributed by atoms with Gasteiger partial charge in [0.1, 0.15) is 0 Å². The predicted octanol–water partition coefficient (Wildman–Crippen LogP) is 3.90. The molecule has 0 N–H and O–H groups in total. The van der Waals surface area contributed by atoms with Crippen molar-refractivity contribution in [2.75, 3.05) is 13.1 Å². The average Bonchev–Trinajstić information content (AvgIpc) is 2.70. The fraction of sp³-hybridized carbons (Fsp3) is 0.400. The van der Waals surface area contributed by atoms with Gasteiger partial charge in [-0.15, -0.1) is 0 Å². The minimum Gasteiger partial charge on any atom is -0.346 e. The largest absolute Gasteiger partial charge is 0.346 e.